The Balaban J connectivity index is 2.77. The fraction of sp³-hybridized carbons (Fsp3) is 0.250. The van der Waals surface area contributed by atoms with Gasteiger partial charge >= 0.3 is 0 Å². The highest BCUT2D eigenvalue weighted by atomic mass is 16.5. The van der Waals surface area contributed by atoms with E-state index in [9.17, 15) is 0 Å². The number of rotatable bonds is 6. The van der Waals surface area contributed by atoms with Crippen LogP contribution in [0.4, 0.5) is 0 Å². The first-order valence-corrected chi connectivity index (χ1v) is 6.12. The average molecular weight is 258 g/mol. The number of benzene rings is 1. The molecule has 0 radical (unpaired) electrons. The second-order valence-corrected chi connectivity index (χ2v) is 4.21. The molecule has 1 aromatic heterocycles. The lowest BCUT2D eigenvalue weighted by Crippen LogP contribution is -1.97. The van der Waals surface area contributed by atoms with Crippen LogP contribution in [0.3, 0.4) is 0 Å². The molecule has 0 atom stereocenters. The molecular weight excluding hydrogens is 240 g/mol. The number of ether oxygens (including phenoxy) is 2. The van der Waals surface area contributed by atoms with Gasteiger partial charge in [0.25, 0.3) is 0 Å². The van der Waals surface area contributed by atoms with Crippen LogP contribution in [0.15, 0.2) is 42.1 Å². The lowest BCUT2D eigenvalue weighted by atomic mass is 10.0. The lowest BCUT2D eigenvalue weighted by molar-refractivity contribution is 0.390. The van der Waals surface area contributed by atoms with Gasteiger partial charge in [-0.2, -0.15) is 0 Å². The standard InChI is InChI=1S/C16H18O3/c1-5-7-11-10-19-14-9-13(17-3)12(8-6-2)16(18-4)15(11)14/h5-6,9-10H,1-2,7-8H2,3-4H3. The van der Waals surface area contributed by atoms with E-state index in [1.54, 1.807) is 20.5 Å². The summed E-state index contributed by atoms with van der Waals surface area (Å²) >= 11 is 0. The molecule has 0 N–H and O–H groups in total. The Hall–Kier alpha value is -2.16. The van der Waals surface area contributed by atoms with E-state index in [-0.39, 0.29) is 0 Å². The molecule has 3 nitrogen and oxygen atoms in total. The van der Waals surface area contributed by atoms with Crippen molar-refractivity contribution in [2.75, 3.05) is 14.2 Å². The third kappa shape index (κ3) is 2.24. The van der Waals surface area contributed by atoms with E-state index >= 15 is 0 Å². The van der Waals surface area contributed by atoms with Crippen molar-refractivity contribution >= 4 is 11.0 Å². The van der Waals surface area contributed by atoms with E-state index in [2.05, 4.69) is 13.2 Å². The molecule has 19 heavy (non-hydrogen) atoms. The Morgan fingerprint density at radius 3 is 2.47 bits per heavy atom. The van der Waals surface area contributed by atoms with Crippen molar-refractivity contribution in [2.24, 2.45) is 0 Å². The van der Waals surface area contributed by atoms with Gasteiger partial charge in [0.2, 0.25) is 0 Å². The average Bonchev–Trinajstić information content (AvgIpc) is 2.82. The maximum Gasteiger partial charge on any atom is 0.141 e. The van der Waals surface area contributed by atoms with Crippen molar-refractivity contribution < 1.29 is 13.9 Å². The smallest absolute Gasteiger partial charge is 0.141 e. The third-order valence-corrected chi connectivity index (χ3v) is 3.09. The second kappa shape index (κ2) is 5.65. The van der Waals surface area contributed by atoms with Crippen molar-refractivity contribution in [3.63, 3.8) is 0 Å². The number of hydrogen-bond acceptors (Lipinski definition) is 3. The fourth-order valence-electron chi connectivity index (χ4n) is 2.29. The molecule has 100 valence electrons. The molecule has 0 aliphatic heterocycles. The monoisotopic (exact) mass is 258 g/mol. The van der Waals surface area contributed by atoms with Crippen molar-refractivity contribution in [1.29, 1.82) is 0 Å². The first kappa shape index (κ1) is 13.3. The fourth-order valence-corrected chi connectivity index (χ4v) is 2.29. The molecule has 0 aliphatic carbocycles. The molecule has 0 saturated carbocycles. The normalized spacial score (nSPS) is 10.4. The van der Waals surface area contributed by atoms with Gasteiger partial charge in [0, 0.05) is 17.2 Å². The van der Waals surface area contributed by atoms with Gasteiger partial charge < -0.3 is 13.9 Å². The number of hydrogen-bond donors (Lipinski definition) is 0. The summed E-state index contributed by atoms with van der Waals surface area (Å²) in [5, 5.41) is 0.986. The quantitative estimate of drug-likeness (QED) is 0.736. The van der Waals surface area contributed by atoms with E-state index in [4.69, 9.17) is 13.9 Å². The van der Waals surface area contributed by atoms with Crippen molar-refractivity contribution in [1.82, 2.24) is 0 Å². The third-order valence-electron chi connectivity index (χ3n) is 3.09. The zero-order chi connectivity index (χ0) is 13.8. The molecule has 0 spiro atoms. The predicted octanol–water partition coefficient (Wildman–Crippen LogP) is 3.91. The summed E-state index contributed by atoms with van der Waals surface area (Å²) < 4.78 is 16.6. The second-order valence-electron chi connectivity index (χ2n) is 4.21. The van der Waals surface area contributed by atoms with Crippen LogP contribution in [-0.2, 0) is 12.8 Å². The largest absolute Gasteiger partial charge is 0.496 e. The zero-order valence-corrected chi connectivity index (χ0v) is 11.4. The van der Waals surface area contributed by atoms with Crippen molar-refractivity contribution in [3.8, 4) is 11.5 Å². The van der Waals surface area contributed by atoms with Gasteiger partial charge in [0.05, 0.1) is 25.9 Å². The first-order valence-electron chi connectivity index (χ1n) is 6.12. The van der Waals surface area contributed by atoms with Gasteiger partial charge in [-0.1, -0.05) is 12.2 Å². The maximum atomic E-state index is 5.59. The predicted molar refractivity (Wildman–Crippen MR) is 77.1 cm³/mol. The maximum absolute atomic E-state index is 5.59. The number of methoxy groups -OCH3 is 2. The van der Waals surface area contributed by atoms with Gasteiger partial charge in [-0.05, 0) is 12.8 Å². The molecule has 3 heteroatoms. The molecule has 1 aromatic carbocycles. The molecule has 2 rings (SSSR count). The molecule has 0 fully saturated rings. The summed E-state index contributed by atoms with van der Waals surface area (Å²) in [6.07, 6.45) is 6.84. The van der Waals surface area contributed by atoms with E-state index in [0.29, 0.717) is 6.42 Å². The highest BCUT2D eigenvalue weighted by Crippen LogP contribution is 2.40. The Kier molecular flexibility index (Phi) is 3.95. The summed E-state index contributed by atoms with van der Waals surface area (Å²) in [6.45, 7) is 7.55. The van der Waals surface area contributed by atoms with Crippen LogP contribution in [0.1, 0.15) is 11.1 Å². The Morgan fingerprint density at radius 2 is 1.89 bits per heavy atom. The van der Waals surface area contributed by atoms with Gasteiger partial charge in [0.1, 0.15) is 17.1 Å². The van der Waals surface area contributed by atoms with Crippen LogP contribution < -0.4 is 9.47 Å². The van der Waals surface area contributed by atoms with Crippen molar-refractivity contribution in [2.45, 2.75) is 12.8 Å². The first-order chi connectivity index (χ1) is 9.26. The molecule has 0 aliphatic rings. The molecule has 1 heterocycles. The number of furan rings is 1. The molecule has 0 saturated heterocycles. The van der Waals surface area contributed by atoms with Crippen LogP contribution in [0.25, 0.3) is 11.0 Å². The summed E-state index contributed by atoms with van der Waals surface area (Å²) in [7, 11) is 3.30. The molecular formula is C16H18O3. The van der Waals surface area contributed by atoms with Crippen LogP contribution in [-0.4, -0.2) is 14.2 Å². The lowest BCUT2D eigenvalue weighted by Gasteiger charge is -2.13. The Morgan fingerprint density at radius 1 is 1.16 bits per heavy atom. The Bertz CT molecular complexity index is 608. The highest BCUT2D eigenvalue weighted by molar-refractivity contribution is 5.91. The summed E-state index contributed by atoms with van der Waals surface area (Å²) in [5.41, 5.74) is 2.81. The highest BCUT2D eigenvalue weighted by Gasteiger charge is 2.18. The van der Waals surface area contributed by atoms with Crippen molar-refractivity contribution in [3.05, 3.63) is 48.8 Å². The molecule has 0 unspecified atom stereocenters. The van der Waals surface area contributed by atoms with E-state index in [1.807, 2.05) is 18.2 Å². The number of fused-ring (bicyclic) bond motifs is 1. The van der Waals surface area contributed by atoms with Gasteiger partial charge in [-0.15, -0.1) is 13.2 Å². The molecule has 0 amide bonds. The molecule has 2 aromatic rings. The van der Waals surface area contributed by atoms with Crippen LogP contribution in [0.2, 0.25) is 0 Å². The zero-order valence-electron chi connectivity index (χ0n) is 11.4. The van der Waals surface area contributed by atoms with Gasteiger partial charge in [-0.3, -0.25) is 0 Å². The Labute approximate surface area is 113 Å². The van der Waals surface area contributed by atoms with Crippen LogP contribution in [0, 0.1) is 0 Å². The summed E-state index contributed by atoms with van der Waals surface area (Å²) in [5.74, 6) is 1.55. The minimum atomic E-state index is 0.682. The van der Waals surface area contributed by atoms with E-state index in [1.165, 1.54) is 0 Å². The van der Waals surface area contributed by atoms with Crippen LogP contribution >= 0.6 is 0 Å². The van der Waals surface area contributed by atoms with E-state index in [0.717, 1.165) is 40.0 Å². The van der Waals surface area contributed by atoms with Gasteiger partial charge in [0.15, 0.2) is 0 Å². The topological polar surface area (TPSA) is 31.6 Å². The molecule has 0 bridgehead atoms. The van der Waals surface area contributed by atoms with Gasteiger partial charge in [-0.25, -0.2) is 0 Å². The number of allylic oxidation sites excluding steroid dienone is 2. The minimum Gasteiger partial charge on any atom is -0.496 e. The van der Waals surface area contributed by atoms with E-state index < -0.39 is 0 Å². The summed E-state index contributed by atoms with van der Waals surface area (Å²) in [6, 6.07) is 1.89. The minimum absolute atomic E-state index is 0.682. The SMILES string of the molecule is C=CCc1c(OC)cc2occ(CC=C)c2c1OC. The summed E-state index contributed by atoms with van der Waals surface area (Å²) in [4.78, 5) is 0. The van der Waals surface area contributed by atoms with Crippen LogP contribution in [0.5, 0.6) is 11.5 Å².